The minimum atomic E-state index is -4.58. The van der Waals surface area contributed by atoms with E-state index < -0.39 is 17.6 Å². The average molecular weight is 518 g/mol. The molecule has 1 aromatic carbocycles. The largest absolute Gasteiger partial charge is 0.416 e. The molecule has 3 aromatic rings. The number of alkyl halides is 3. The highest BCUT2D eigenvalue weighted by atomic mass is 32.1. The zero-order chi connectivity index (χ0) is 26.3. The molecule has 0 aliphatic heterocycles. The molecule has 0 saturated heterocycles. The number of nitrogens with zero attached hydrogens (tertiary/aromatic N) is 3. The molecule has 12 heteroatoms. The molecule has 0 radical (unpaired) electrons. The number of thiazole rings is 1. The van der Waals surface area contributed by atoms with Crippen molar-refractivity contribution < 1.29 is 27.5 Å². The minimum absolute atomic E-state index is 0.324. The van der Waals surface area contributed by atoms with Crippen LogP contribution in [0.3, 0.4) is 0 Å². The van der Waals surface area contributed by atoms with Crippen LogP contribution in [0.2, 0.25) is 0 Å². The van der Waals surface area contributed by atoms with Gasteiger partial charge in [0.1, 0.15) is 5.69 Å². The van der Waals surface area contributed by atoms with E-state index in [1.165, 1.54) is 22.4 Å². The molecule has 0 fully saturated rings. The van der Waals surface area contributed by atoms with E-state index in [0.29, 0.717) is 40.5 Å². The molecular formula is C24H22F3N5O3S. The Balaban J connectivity index is 1.70. The van der Waals surface area contributed by atoms with E-state index in [2.05, 4.69) is 32.4 Å². The average Bonchev–Trinajstić information content (AvgIpc) is 3.29. The summed E-state index contributed by atoms with van der Waals surface area (Å²) in [5, 5.41) is 5.62. The lowest BCUT2D eigenvalue weighted by atomic mass is 10.1. The van der Waals surface area contributed by atoms with Gasteiger partial charge in [0.2, 0.25) is 0 Å². The molecule has 0 bridgehead atoms. The van der Waals surface area contributed by atoms with E-state index in [-0.39, 0.29) is 11.7 Å². The smallest absolute Gasteiger partial charge is 0.383 e. The van der Waals surface area contributed by atoms with Crippen LogP contribution in [0.15, 0.2) is 42.7 Å². The van der Waals surface area contributed by atoms with Crippen LogP contribution in [0.25, 0.3) is 0 Å². The summed E-state index contributed by atoms with van der Waals surface area (Å²) in [5.41, 5.74) is 0.467. The predicted molar refractivity (Wildman–Crippen MR) is 130 cm³/mol. The maximum atomic E-state index is 12.9. The molecule has 0 aliphatic carbocycles. The van der Waals surface area contributed by atoms with E-state index in [4.69, 9.17) is 4.74 Å². The van der Waals surface area contributed by atoms with Gasteiger partial charge in [0.05, 0.1) is 23.2 Å². The Bertz CT molecular complexity index is 1310. The SMILES string of the molecule is COCCN(C)C(=O)Nc1ncc(C#Cc2cc(NC(=O)c3cc(C(F)(F)F)ccn3)ccc2C)s1. The number of benzene rings is 1. The van der Waals surface area contributed by atoms with Gasteiger partial charge in [-0.2, -0.15) is 13.2 Å². The number of methoxy groups -OCH3 is 1. The van der Waals surface area contributed by atoms with Crippen LogP contribution in [-0.4, -0.2) is 54.1 Å². The van der Waals surface area contributed by atoms with Crippen molar-refractivity contribution in [3.63, 3.8) is 0 Å². The third-order valence-electron chi connectivity index (χ3n) is 4.83. The van der Waals surface area contributed by atoms with Crippen molar-refractivity contribution in [2.24, 2.45) is 0 Å². The second-order valence-electron chi connectivity index (χ2n) is 7.54. The molecule has 0 aliphatic rings. The van der Waals surface area contributed by atoms with Gasteiger partial charge >= 0.3 is 12.2 Å². The number of hydrogen-bond acceptors (Lipinski definition) is 6. The first-order valence-electron chi connectivity index (χ1n) is 10.5. The van der Waals surface area contributed by atoms with E-state index in [0.717, 1.165) is 17.8 Å². The molecule has 188 valence electrons. The zero-order valence-corrected chi connectivity index (χ0v) is 20.4. The fraction of sp³-hybridized carbons (Fsp3) is 0.250. The van der Waals surface area contributed by atoms with Crippen molar-refractivity contribution >= 4 is 34.1 Å². The Kier molecular flexibility index (Phi) is 8.63. The lowest BCUT2D eigenvalue weighted by Crippen LogP contribution is -2.33. The Labute approximate surface area is 209 Å². The highest BCUT2D eigenvalue weighted by molar-refractivity contribution is 7.16. The van der Waals surface area contributed by atoms with Crippen LogP contribution in [0, 0.1) is 18.8 Å². The van der Waals surface area contributed by atoms with Gasteiger partial charge in [-0.1, -0.05) is 23.3 Å². The van der Waals surface area contributed by atoms with Crippen LogP contribution >= 0.6 is 11.3 Å². The molecule has 8 nitrogen and oxygen atoms in total. The molecule has 0 unspecified atom stereocenters. The van der Waals surface area contributed by atoms with Crippen LogP contribution in [-0.2, 0) is 10.9 Å². The van der Waals surface area contributed by atoms with Crippen molar-refractivity contribution in [1.29, 1.82) is 0 Å². The number of rotatable bonds is 6. The number of likely N-dealkylation sites (N-methyl/N-ethyl adjacent to an activating group) is 1. The van der Waals surface area contributed by atoms with Gasteiger partial charge in [0, 0.05) is 38.1 Å². The third-order valence-corrected chi connectivity index (χ3v) is 5.66. The highest BCUT2D eigenvalue weighted by Gasteiger charge is 2.31. The second kappa shape index (κ2) is 11.7. The van der Waals surface area contributed by atoms with Crippen LogP contribution in [0.1, 0.15) is 32.1 Å². The maximum absolute atomic E-state index is 12.9. The van der Waals surface area contributed by atoms with Crippen molar-refractivity contribution in [3.8, 4) is 11.8 Å². The number of anilines is 2. The van der Waals surface area contributed by atoms with Crippen LogP contribution < -0.4 is 10.6 Å². The Morgan fingerprint density at radius 2 is 1.92 bits per heavy atom. The molecule has 2 aromatic heterocycles. The Morgan fingerprint density at radius 1 is 1.14 bits per heavy atom. The van der Waals surface area contributed by atoms with Gasteiger partial charge in [0.15, 0.2) is 5.13 Å². The summed E-state index contributed by atoms with van der Waals surface area (Å²) in [6, 6.07) is 6.13. The summed E-state index contributed by atoms with van der Waals surface area (Å²) < 4.78 is 43.7. The number of halogens is 3. The predicted octanol–water partition coefficient (Wildman–Crippen LogP) is 4.63. The number of hydrogen-bond donors (Lipinski definition) is 2. The Hall–Kier alpha value is -3.95. The molecule has 2 heterocycles. The van der Waals surface area contributed by atoms with Crippen molar-refractivity contribution in [2.75, 3.05) is 37.9 Å². The zero-order valence-electron chi connectivity index (χ0n) is 19.6. The summed E-state index contributed by atoms with van der Waals surface area (Å²) in [5.74, 6) is 5.18. The normalized spacial score (nSPS) is 10.8. The number of urea groups is 1. The number of nitrogens with one attached hydrogen (secondary N) is 2. The van der Waals surface area contributed by atoms with Gasteiger partial charge in [0.25, 0.3) is 5.91 Å². The quantitative estimate of drug-likeness (QED) is 0.465. The highest BCUT2D eigenvalue weighted by Crippen LogP contribution is 2.29. The summed E-state index contributed by atoms with van der Waals surface area (Å²) in [4.78, 5) is 34.5. The number of aromatic nitrogens is 2. The van der Waals surface area contributed by atoms with Gasteiger partial charge in [-0.25, -0.2) is 9.78 Å². The van der Waals surface area contributed by atoms with E-state index in [9.17, 15) is 22.8 Å². The van der Waals surface area contributed by atoms with E-state index in [1.807, 2.05) is 6.92 Å². The number of carbonyl (C=O) groups excluding carboxylic acids is 2. The molecule has 2 N–H and O–H groups in total. The molecule has 36 heavy (non-hydrogen) atoms. The molecule has 3 amide bonds. The van der Waals surface area contributed by atoms with Gasteiger partial charge in [-0.15, -0.1) is 0 Å². The van der Waals surface area contributed by atoms with E-state index in [1.54, 1.807) is 32.4 Å². The first kappa shape index (κ1) is 26.7. The third kappa shape index (κ3) is 7.27. The van der Waals surface area contributed by atoms with Crippen molar-refractivity contribution in [2.45, 2.75) is 13.1 Å². The Morgan fingerprint density at radius 3 is 2.64 bits per heavy atom. The molecular weight excluding hydrogens is 495 g/mol. The van der Waals surface area contributed by atoms with Crippen molar-refractivity contribution in [1.82, 2.24) is 14.9 Å². The standard InChI is InChI=1S/C24H22F3N5O3S/c1-15-4-6-18(30-21(33)20-13-17(8-9-28-20)24(25,26)27)12-16(15)5-7-19-14-29-22(36-19)31-23(34)32(2)10-11-35-3/h4,6,8-9,12-14H,10-11H2,1-3H3,(H,30,33)(H,29,31,34). The molecule has 0 spiro atoms. The lowest BCUT2D eigenvalue weighted by molar-refractivity contribution is -0.137. The number of carbonyl (C=O) groups is 2. The summed E-state index contributed by atoms with van der Waals surface area (Å²) in [6.45, 7) is 2.67. The molecule has 0 saturated carbocycles. The van der Waals surface area contributed by atoms with E-state index >= 15 is 0 Å². The number of aryl methyl sites for hydroxylation is 1. The van der Waals surface area contributed by atoms with Gasteiger partial charge in [-0.05, 0) is 42.7 Å². The molecule has 0 atom stereocenters. The monoisotopic (exact) mass is 517 g/mol. The van der Waals surface area contributed by atoms with Crippen LogP contribution in [0.4, 0.5) is 28.8 Å². The molecule has 3 rings (SSSR count). The van der Waals surface area contributed by atoms with Crippen LogP contribution in [0.5, 0.6) is 0 Å². The lowest BCUT2D eigenvalue weighted by Gasteiger charge is -2.15. The number of ether oxygens (including phenoxy) is 1. The second-order valence-corrected chi connectivity index (χ2v) is 8.57. The number of pyridine rings is 1. The summed E-state index contributed by atoms with van der Waals surface area (Å²) >= 11 is 1.20. The topological polar surface area (TPSA) is 96.5 Å². The first-order valence-corrected chi connectivity index (χ1v) is 11.3. The maximum Gasteiger partial charge on any atom is 0.416 e. The summed E-state index contributed by atoms with van der Waals surface area (Å²) in [7, 11) is 3.19. The number of amides is 3. The van der Waals surface area contributed by atoms with Crippen molar-refractivity contribution in [3.05, 3.63) is 70.0 Å². The fourth-order valence-electron chi connectivity index (χ4n) is 2.80. The first-order chi connectivity index (χ1) is 17.1. The minimum Gasteiger partial charge on any atom is -0.383 e. The summed E-state index contributed by atoms with van der Waals surface area (Å²) in [6.07, 6.45) is -2.11. The fourth-order valence-corrected chi connectivity index (χ4v) is 3.46. The van der Waals surface area contributed by atoms with Gasteiger partial charge in [-0.3, -0.25) is 15.1 Å². The van der Waals surface area contributed by atoms with Gasteiger partial charge < -0.3 is 15.0 Å².